The molecule has 0 saturated heterocycles. The van der Waals surface area contributed by atoms with Crippen molar-refractivity contribution in [3.63, 3.8) is 0 Å². The minimum Gasteiger partial charge on any atom is -0.334 e. The highest BCUT2D eigenvalue weighted by Crippen LogP contribution is 2.24. The van der Waals surface area contributed by atoms with Gasteiger partial charge < -0.3 is 10.6 Å². The van der Waals surface area contributed by atoms with Crippen LogP contribution in [0.3, 0.4) is 0 Å². The quantitative estimate of drug-likeness (QED) is 0.781. The van der Waals surface area contributed by atoms with Gasteiger partial charge in [0.25, 0.3) is 0 Å². The molecule has 5 nitrogen and oxygen atoms in total. The third-order valence-electron chi connectivity index (χ3n) is 4.43. The maximum atomic E-state index is 12.0. The molecular weight excluding hydrogens is 288 g/mol. The molecule has 1 saturated carbocycles. The van der Waals surface area contributed by atoms with Crippen LogP contribution in [0.2, 0.25) is 0 Å². The van der Waals surface area contributed by atoms with E-state index in [1.807, 2.05) is 0 Å². The van der Waals surface area contributed by atoms with E-state index >= 15 is 0 Å². The maximum absolute atomic E-state index is 12.0. The minimum absolute atomic E-state index is 0.248. The Kier molecular flexibility index (Phi) is 5.67. The zero-order valence-corrected chi connectivity index (χ0v) is 13.5. The second-order valence-corrected chi connectivity index (χ2v) is 8.46. The third kappa shape index (κ3) is 5.02. The van der Waals surface area contributed by atoms with Crippen molar-refractivity contribution in [3.8, 4) is 0 Å². The molecule has 2 rings (SSSR count). The average molecular weight is 314 g/mol. The van der Waals surface area contributed by atoms with Crippen LogP contribution < -0.4 is 10.6 Å². The molecule has 21 heavy (non-hydrogen) atoms. The van der Waals surface area contributed by atoms with Gasteiger partial charge in [-0.15, -0.1) is 0 Å². The summed E-state index contributed by atoms with van der Waals surface area (Å²) in [6.45, 7) is 0.572. The van der Waals surface area contributed by atoms with Gasteiger partial charge in [-0.05, 0) is 38.5 Å². The van der Waals surface area contributed by atoms with Crippen LogP contribution in [0.4, 0.5) is 4.79 Å². The Morgan fingerprint density at radius 2 is 2.00 bits per heavy atom. The number of amides is 2. The molecule has 0 unspecified atom stereocenters. The van der Waals surface area contributed by atoms with Gasteiger partial charge in [0, 0.05) is 18.8 Å². The zero-order valence-electron chi connectivity index (χ0n) is 12.7. The molecule has 0 aromatic rings. The molecule has 2 aliphatic rings. The summed E-state index contributed by atoms with van der Waals surface area (Å²) in [5.41, 5.74) is 1.28. The van der Waals surface area contributed by atoms with E-state index in [2.05, 4.69) is 16.7 Å². The number of allylic oxidation sites excluding steroid dienone is 1. The molecule has 2 aliphatic carbocycles. The molecule has 2 N–H and O–H groups in total. The second kappa shape index (κ2) is 7.29. The molecule has 6 heteroatoms. The maximum Gasteiger partial charge on any atom is 0.315 e. The van der Waals surface area contributed by atoms with Gasteiger partial charge in [0.1, 0.15) is 0 Å². The summed E-state index contributed by atoms with van der Waals surface area (Å²) in [4.78, 5) is 12.0. The molecule has 2 atom stereocenters. The van der Waals surface area contributed by atoms with Gasteiger partial charge in [0.05, 0.1) is 5.25 Å². The van der Waals surface area contributed by atoms with E-state index in [1.54, 1.807) is 0 Å². The van der Waals surface area contributed by atoms with Gasteiger partial charge in [-0.2, -0.15) is 0 Å². The first-order valence-corrected chi connectivity index (χ1v) is 9.83. The molecule has 0 radical (unpaired) electrons. The van der Waals surface area contributed by atoms with E-state index in [9.17, 15) is 13.2 Å². The van der Waals surface area contributed by atoms with Crippen molar-refractivity contribution in [2.45, 2.75) is 62.7 Å². The SMILES string of the molecule is CS(=O)(=O)[C@@H]1CCCC[C@H]1NC(=O)NCC1=CCCCC1. The lowest BCUT2D eigenvalue weighted by Crippen LogP contribution is -2.51. The fourth-order valence-electron chi connectivity index (χ4n) is 3.25. The molecule has 0 aromatic carbocycles. The van der Waals surface area contributed by atoms with Crippen LogP contribution in [0.25, 0.3) is 0 Å². The van der Waals surface area contributed by atoms with Crippen LogP contribution >= 0.6 is 0 Å². The Bertz CT molecular complexity index is 499. The number of nitrogens with one attached hydrogen (secondary N) is 2. The average Bonchev–Trinajstić information content (AvgIpc) is 2.46. The first-order chi connectivity index (χ1) is 9.97. The van der Waals surface area contributed by atoms with Crippen molar-refractivity contribution in [3.05, 3.63) is 11.6 Å². The Morgan fingerprint density at radius 3 is 2.67 bits per heavy atom. The highest BCUT2D eigenvalue weighted by atomic mass is 32.2. The predicted octanol–water partition coefficient (Wildman–Crippen LogP) is 2.14. The Morgan fingerprint density at radius 1 is 1.24 bits per heavy atom. The number of carbonyl (C=O) groups is 1. The van der Waals surface area contributed by atoms with Crippen LogP contribution in [0.1, 0.15) is 51.4 Å². The van der Waals surface area contributed by atoms with E-state index in [0.29, 0.717) is 13.0 Å². The summed E-state index contributed by atoms with van der Waals surface area (Å²) < 4.78 is 23.6. The zero-order chi connectivity index (χ0) is 15.3. The number of carbonyl (C=O) groups excluding carboxylic acids is 1. The molecule has 120 valence electrons. The van der Waals surface area contributed by atoms with Gasteiger partial charge in [-0.1, -0.05) is 24.5 Å². The summed E-state index contributed by atoms with van der Waals surface area (Å²) in [5, 5.41) is 5.28. The summed E-state index contributed by atoms with van der Waals surface area (Å²) in [6, 6.07) is -0.504. The first-order valence-electron chi connectivity index (χ1n) is 7.88. The van der Waals surface area contributed by atoms with Gasteiger partial charge in [0.2, 0.25) is 0 Å². The van der Waals surface area contributed by atoms with Gasteiger partial charge >= 0.3 is 6.03 Å². The second-order valence-electron chi connectivity index (χ2n) is 6.19. The molecule has 0 spiro atoms. The van der Waals surface area contributed by atoms with Crippen molar-refractivity contribution < 1.29 is 13.2 Å². The van der Waals surface area contributed by atoms with E-state index in [1.165, 1.54) is 24.7 Å². The molecule has 2 amide bonds. The van der Waals surface area contributed by atoms with Crippen molar-refractivity contribution >= 4 is 15.9 Å². The van der Waals surface area contributed by atoms with Crippen LogP contribution in [-0.2, 0) is 9.84 Å². The highest BCUT2D eigenvalue weighted by Gasteiger charge is 2.33. The summed E-state index contributed by atoms with van der Waals surface area (Å²) in [5.74, 6) is 0. The standard InChI is InChI=1S/C15H26N2O3S/c1-21(19,20)14-10-6-5-9-13(14)17-15(18)16-11-12-7-3-2-4-8-12/h7,13-14H,2-6,8-11H2,1H3,(H2,16,17,18)/t13-,14-/m1/s1. The monoisotopic (exact) mass is 314 g/mol. The molecular formula is C15H26N2O3S. The number of rotatable bonds is 4. The summed E-state index contributed by atoms with van der Waals surface area (Å²) in [6.07, 6.45) is 11.3. The van der Waals surface area contributed by atoms with Crippen molar-refractivity contribution in [1.29, 1.82) is 0 Å². The fourth-order valence-corrected chi connectivity index (χ4v) is 4.65. The number of hydrogen-bond donors (Lipinski definition) is 2. The molecule has 0 bridgehead atoms. The lowest BCUT2D eigenvalue weighted by atomic mass is 9.95. The molecule has 0 aromatic heterocycles. The number of sulfone groups is 1. The lowest BCUT2D eigenvalue weighted by molar-refractivity contribution is 0.233. The third-order valence-corrected chi connectivity index (χ3v) is 6.09. The first kappa shape index (κ1) is 16.3. The number of hydrogen-bond acceptors (Lipinski definition) is 3. The Labute approximate surface area is 127 Å². The molecule has 0 heterocycles. The van der Waals surface area contributed by atoms with E-state index < -0.39 is 15.1 Å². The smallest absolute Gasteiger partial charge is 0.315 e. The largest absolute Gasteiger partial charge is 0.334 e. The predicted molar refractivity (Wildman–Crippen MR) is 84.0 cm³/mol. The summed E-state index contributed by atoms with van der Waals surface area (Å²) in [7, 11) is -3.11. The van der Waals surface area contributed by atoms with Crippen LogP contribution in [0.5, 0.6) is 0 Å². The highest BCUT2D eigenvalue weighted by molar-refractivity contribution is 7.91. The fraction of sp³-hybridized carbons (Fsp3) is 0.800. The van der Waals surface area contributed by atoms with Gasteiger partial charge in [-0.25, -0.2) is 13.2 Å². The van der Waals surface area contributed by atoms with E-state index in [-0.39, 0.29) is 12.1 Å². The van der Waals surface area contributed by atoms with Gasteiger partial charge in [-0.3, -0.25) is 0 Å². The molecule has 0 aliphatic heterocycles. The summed E-state index contributed by atoms with van der Waals surface area (Å²) >= 11 is 0. The Hall–Kier alpha value is -1.04. The van der Waals surface area contributed by atoms with Gasteiger partial charge in [0.15, 0.2) is 9.84 Å². The van der Waals surface area contributed by atoms with Crippen LogP contribution in [-0.4, -0.2) is 38.5 Å². The lowest BCUT2D eigenvalue weighted by Gasteiger charge is -2.30. The normalized spacial score (nSPS) is 26.8. The van der Waals surface area contributed by atoms with Crippen LogP contribution in [0.15, 0.2) is 11.6 Å². The van der Waals surface area contributed by atoms with Crippen molar-refractivity contribution in [1.82, 2.24) is 10.6 Å². The van der Waals surface area contributed by atoms with Crippen molar-refractivity contribution in [2.24, 2.45) is 0 Å². The Balaban J connectivity index is 1.84. The van der Waals surface area contributed by atoms with Crippen molar-refractivity contribution in [2.75, 3.05) is 12.8 Å². The number of urea groups is 1. The topological polar surface area (TPSA) is 75.3 Å². The minimum atomic E-state index is -3.11. The van der Waals surface area contributed by atoms with E-state index in [0.717, 1.165) is 32.1 Å². The molecule has 1 fully saturated rings. The van der Waals surface area contributed by atoms with Crippen LogP contribution in [0, 0.1) is 0 Å². The van der Waals surface area contributed by atoms with E-state index in [4.69, 9.17) is 0 Å².